The summed E-state index contributed by atoms with van der Waals surface area (Å²) in [5, 5.41) is 6.59. The van der Waals surface area contributed by atoms with Gasteiger partial charge in [-0.3, -0.25) is 9.67 Å². The molecule has 2 heterocycles. The second-order valence-corrected chi connectivity index (χ2v) is 5.05. The van der Waals surface area contributed by atoms with Gasteiger partial charge >= 0.3 is 0 Å². The van der Waals surface area contributed by atoms with Crippen LogP contribution in [-0.2, 0) is 6.54 Å². The third-order valence-corrected chi connectivity index (χ3v) is 3.72. The molecule has 0 atom stereocenters. The molecule has 0 saturated carbocycles. The molecule has 102 valence electrons. The van der Waals surface area contributed by atoms with Gasteiger partial charge in [-0.15, -0.1) is 0 Å². The van der Waals surface area contributed by atoms with Crippen molar-refractivity contribution >= 4 is 27.6 Å². The lowest BCUT2D eigenvalue weighted by atomic mass is 10.1. The van der Waals surface area contributed by atoms with Gasteiger partial charge in [0.2, 0.25) is 0 Å². The van der Waals surface area contributed by atoms with Crippen molar-refractivity contribution in [2.24, 2.45) is 0 Å². The van der Waals surface area contributed by atoms with Crippen LogP contribution in [0.4, 0.5) is 5.82 Å². The number of aromatic nitrogens is 3. The summed E-state index contributed by atoms with van der Waals surface area (Å²) in [5.74, 6) is 0.568. The maximum atomic E-state index is 6.00. The minimum atomic E-state index is 0.568. The molecular weight excluding hydrogens is 260 g/mol. The van der Waals surface area contributed by atoms with Crippen molar-refractivity contribution in [1.82, 2.24) is 14.8 Å². The van der Waals surface area contributed by atoms with Gasteiger partial charge in [0, 0.05) is 17.0 Å². The van der Waals surface area contributed by atoms with Crippen molar-refractivity contribution in [3.05, 3.63) is 66.4 Å². The molecule has 2 aromatic carbocycles. The topological polar surface area (TPSA) is 56.7 Å². The van der Waals surface area contributed by atoms with Gasteiger partial charge in [-0.2, -0.15) is 5.10 Å². The normalized spacial score (nSPS) is 11.2. The van der Waals surface area contributed by atoms with E-state index in [4.69, 9.17) is 5.73 Å². The maximum Gasteiger partial charge on any atom is 0.153 e. The lowest BCUT2D eigenvalue weighted by molar-refractivity contribution is 0.718. The fraction of sp³-hybridized carbons (Fsp3) is 0.0588. The molecule has 0 saturated heterocycles. The Balaban J connectivity index is 1.87. The average molecular weight is 274 g/mol. The first kappa shape index (κ1) is 11.9. The van der Waals surface area contributed by atoms with E-state index < -0.39 is 0 Å². The molecule has 0 aliphatic rings. The van der Waals surface area contributed by atoms with E-state index in [2.05, 4.69) is 28.3 Å². The van der Waals surface area contributed by atoms with Gasteiger partial charge in [0.05, 0.1) is 17.6 Å². The molecule has 0 amide bonds. The molecular formula is C17H14N4. The summed E-state index contributed by atoms with van der Waals surface area (Å²) in [6.07, 6.45) is 1.82. The number of nitrogen functional groups attached to an aromatic ring is 1. The number of hydrogen-bond acceptors (Lipinski definition) is 3. The molecule has 0 fully saturated rings. The molecule has 4 rings (SSSR count). The van der Waals surface area contributed by atoms with Gasteiger partial charge in [-0.1, -0.05) is 36.4 Å². The minimum Gasteiger partial charge on any atom is -0.382 e. The van der Waals surface area contributed by atoms with Crippen LogP contribution < -0.4 is 5.73 Å². The highest BCUT2D eigenvalue weighted by atomic mass is 15.3. The van der Waals surface area contributed by atoms with Crippen molar-refractivity contribution in [3.63, 3.8) is 0 Å². The van der Waals surface area contributed by atoms with E-state index >= 15 is 0 Å². The lowest BCUT2D eigenvalue weighted by Crippen LogP contribution is -2.03. The molecule has 2 N–H and O–H groups in total. The lowest BCUT2D eigenvalue weighted by Gasteiger charge is -2.07. The zero-order valence-electron chi connectivity index (χ0n) is 11.4. The van der Waals surface area contributed by atoms with Gasteiger partial charge in [-0.25, -0.2) is 0 Å². The molecule has 0 spiro atoms. The Labute approximate surface area is 121 Å². The number of nitrogens with two attached hydrogens (primary N) is 1. The number of fused-ring (bicyclic) bond motifs is 2. The first-order valence-electron chi connectivity index (χ1n) is 6.86. The molecule has 2 aromatic heterocycles. The Kier molecular flexibility index (Phi) is 2.60. The number of para-hydroxylation sites is 2. The van der Waals surface area contributed by atoms with Crippen LogP contribution in [0.3, 0.4) is 0 Å². The van der Waals surface area contributed by atoms with Crippen molar-refractivity contribution in [2.75, 3.05) is 5.73 Å². The Bertz CT molecular complexity index is 934. The van der Waals surface area contributed by atoms with Gasteiger partial charge in [0.25, 0.3) is 0 Å². The first-order valence-corrected chi connectivity index (χ1v) is 6.86. The monoisotopic (exact) mass is 274 g/mol. The predicted octanol–water partition coefficient (Wildman–Crippen LogP) is 3.22. The van der Waals surface area contributed by atoms with E-state index in [0.29, 0.717) is 12.4 Å². The van der Waals surface area contributed by atoms with E-state index in [1.165, 1.54) is 0 Å². The second-order valence-electron chi connectivity index (χ2n) is 5.05. The van der Waals surface area contributed by atoms with Crippen LogP contribution in [0.15, 0.2) is 60.8 Å². The van der Waals surface area contributed by atoms with Crippen molar-refractivity contribution in [2.45, 2.75) is 6.54 Å². The summed E-state index contributed by atoms with van der Waals surface area (Å²) in [6.45, 7) is 0.659. The smallest absolute Gasteiger partial charge is 0.153 e. The largest absolute Gasteiger partial charge is 0.382 e. The highest BCUT2D eigenvalue weighted by molar-refractivity contribution is 5.89. The second kappa shape index (κ2) is 4.59. The Morgan fingerprint density at radius 2 is 1.81 bits per heavy atom. The van der Waals surface area contributed by atoms with Crippen LogP contribution in [-0.4, -0.2) is 14.8 Å². The Morgan fingerprint density at radius 3 is 2.76 bits per heavy atom. The highest BCUT2D eigenvalue weighted by Gasteiger charge is 2.09. The maximum absolute atomic E-state index is 6.00. The fourth-order valence-electron chi connectivity index (χ4n) is 2.73. The van der Waals surface area contributed by atoms with Crippen molar-refractivity contribution in [1.29, 1.82) is 0 Å². The predicted molar refractivity (Wildman–Crippen MR) is 85.0 cm³/mol. The summed E-state index contributed by atoms with van der Waals surface area (Å²) in [7, 11) is 0. The van der Waals surface area contributed by atoms with Crippen LogP contribution in [0.5, 0.6) is 0 Å². The van der Waals surface area contributed by atoms with Crippen LogP contribution in [0.25, 0.3) is 21.8 Å². The number of benzene rings is 2. The summed E-state index contributed by atoms with van der Waals surface area (Å²) in [5.41, 5.74) is 9.19. The summed E-state index contributed by atoms with van der Waals surface area (Å²) >= 11 is 0. The van der Waals surface area contributed by atoms with Crippen molar-refractivity contribution < 1.29 is 0 Å². The Hall–Kier alpha value is -2.88. The molecule has 21 heavy (non-hydrogen) atoms. The minimum absolute atomic E-state index is 0.568. The van der Waals surface area contributed by atoms with E-state index in [0.717, 1.165) is 27.4 Å². The van der Waals surface area contributed by atoms with E-state index in [1.54, 1.807) is 0 Å². The summed E-state index contributed by atoms with van der Waals surface area (Å²) < 4.78 is 1.94. The third kappa shape index (κ3) is 1.92. The van der Waals surface area contributed by atoms with E-state index in [-0.39, 0.29) is 0 Å². The van der Waals surface area contributed by atoms with Crippen LogP contribution in [0.2, 0.25) is 0 Å². The van der Waals surface area contributed by atoms with Gasteiger partial charge in [-0.05, 0) is 23.8 Å². The molecule has 4 aromatic rings. The molecule has 0 bridgehead atoms. The standard InChI is InChI=1S/C17H14N4/c18-17-14-8-1-2-9-15(14)21(20-17)11-13-6-3-5-12-7-4-10-19-16(12)13/h1-10H,11H2,(H2,18,20). The third-order valence-electron chi connectivity index (χ3n) is 3.72. The van der Waals surface area contributed by atoms with Gasteiger partial charge in [0.15, 0.2) is 5.82 Å². The van der Waals surface area contributed by atoms with E-state index in [9.17, 15) is 0 Å². The zero-order valence-corrected chi connectivity index (χ0v) is 11.4. The number of anilines is 1. The number of nitrogens with zero attached hydrogens (tertiary/aromatic N) is 3. The van der Waals surface area contributed by atoms with Crippen LogP contribution in [0, 0.1) is 0 Å². The van der Waals surface area contributed by atoms with Crippen LogP contribution >= 0.6 is 0 Å². The number of pyridine rings is 1. The number of hydrogen-bond donors (Lipinski definition) is 1. The molecule has 0 radical (unpaired) electrons. The quantitative estimate of drug-likeness (QED) is 0.610. The highest BCUT2D eigenvalue weighted by Crippen LogP contribution is 2.23. The molecule has 4 heteroatoms. The number of rotatable bonds is 2. The molecule has 4 nitrogen and oxygen atoms in total. The van der Waals surface area contributed by atoms with Gasteiger partial charge in [0.1, 0.15) is 0 Å². The zero-order chi connectivity index (χ0) is 14.2. The molecule has 0 aliphatic carbocycles. The first-order chi connectivity index (χ1) is 10.3. The molecule has 0 aliphatic heterocycles. The summed E-state index contributed by atoms with van der Waals surface area (Å²) in [6, 6.07) is 18.2. The fourth-order valence-corrected chi connectivity index (χ4v) is 2.73. The van der Waals surface area contributed by atoms with Crippen LogP contribution in [0.1, 0.15) is 5.56 Å². The van der Waals surface area contributed by atoms with Gasteiger partial charge < -0.3 is 5.73 Å². The van der Waals surface area contributed by atoms with Crippen molar-refractivity contribution in [3.8, 4) is 0 Å². The SMILES string of the molecule is Nc1nn(Cc2cccc3cccnc23)c2ccccc12. The Morgan fingerprint density at radius 1 is 0.952 bits per heavy atom. The molecule has 0 unspecified atom stereocenters. The average Bonchev–Trinajstić information content (AvgIpc) is 2.85. The summed E-state index contributed by atoms with van der Waals surface area (Å²) in [4.78, 5) is 4.49. The van der Waals surface area contributed by atoms with E-state index in [1.807, 2.05) is 47.3 Å².